The molecule has 4 aliphatic rings. The molecule has 0 bridgehead atoms. The number of piperazine rings is 2. The lowest BCUT2D eigenvalue weighted by molar-refractivity contribution is 0.0996. The van der Waals surface area contributed by atoms with E-state index in [1.54, 1.807) is 0 Å². The van der Waals surface area contributed by atoms with Gasteiger partial charge in [-0.15, -0.1) is 0 Å². The van der Waals surface area contributed by atoms with E-state index in [1.807, 2.05) is 24.4 Å². The summed E-state index contributed by atoms with van der Waals surface area (Å²) in [6.07, 6.45) is 12.7. The predicted molar refractivity (Wildman–Crippen MR) is 152 cm³/mol. The van der Waals surface area contributed by atoms with E-state index in [4.69, 9.17) is 10.7 Å². The molecule has 2 aromatic rings. The summed E-state index contributed by atoms with van der Waals surface area (Å²) < 4.78 is 0. The van der Waals surface area contributed by atoms with Crippen molar-refractivity contribution in [3.63, 3.8) is 0 Å². The Balaban J connectivity index is 1.07. The first-order valence-electron chi connectivity index (χ1n) is 14.7. The Labute approximate surface area is 226 Å². The zero-order chi connectivity index (χ0) is 25.9. The molecule has 2 saturated carbocycles. The van der Waals surface area contributed by atoms with E-state index in [2.05, 4.69) is 36.0 Å². The number of carbonyl (C=O) groups excluding carboxylic acids is 1. The molecule has 1 amide bonds. The van der Waals surface area contributed by atoms with Crippen LogP contribution in [0.25, 0.3) is 0 Å². The normalized spacial score (nSPS) is 22.3. The van der Waals surface area contributed by atoms with Crippen LogP contribution in [-0.2, 0) is 0 Å². The van der Waals surface area contributed by atoms with Crippen LogP contribution >= 0.6 is 0 Å². The monoisotopic (exact) mass is 518 g/mol. The largest absolute Gasteiger partial charge is 0.364 e. The number of hydrogen-bond donors (Lipinski definition) is 2. The van der Waals surface area contributed by atoms with Crippen LogP contribution in [0.15, 0.2) is 30.5 Å². The molecule has 4 fully saturated rings. The third kappa shape index (κ3) is 5.59. The standard InChI is InChI=1S/C29H42N8O/c30-29(38)28-25(10-12-27(33-28)37-19-15-35(16-20-37)24-7-3-4-8-24)32-22-9-11-26(31-21-22)36-17-13-34(14-18-36)23-5-1-2-6-23/h9-12,21,23-24,32H,1-8,13-20H2,(H2,30,38). The van der Waals surface area contributed by atoms with Crippen molar-refractivity contribution in [2.24, 2.45) is 5.73 Å². The summed E-state index contributed by atoms with van der Waals surface area (Å²) >= 11 is 0. The molecule has 0 spiro atoms. The van der Waals surface area contributed by atoms with Crippen molar-refractivity contribution >= 4 is 28.9 Å². The van der Waals surface area contributed by atoms with Gasteiger partial charge in [0, 0.05) is 64.4 Å². The lowest BCUT2D eigenvalue weighted by Gasteiger charge is -2.38. The van der Waals surface area contributed by atoms with Crippen LogP contribution in [0, 0.1) is 0 Å². The minimum Gasteiger partial charge on any atom is -0.364 e. The summed E-state index contributed by atoms with van der Waals surface area (Å²) in [6.45, 7) is 8.20. The molecule has 2 aliphatic carbocycles. The summed E-state index contributed by atoms with van der Waals surface area (Å²) in [7, 11) is 0. The Kier molecular flexibility index (Phi) is 7.65. The highest BCUT2D eigenvalue weighted by Gasteiger charge is 2.28. The minimum absolute atomic E-state index is 0.271. The molecule has 4 heterocycles. The van der Waals surface area contributed by atoms with Gasteiger partial charge in [-0.05, 0) is 49.9 Å². The molecule has 9 heteroatoms. The third-order valence-electron chi connectivity index (χ3n) is 9.10. The maximum Gasteiger partial charge on any atom is 0.269 e. The van der Waals surface area contributed by atoms with E-state index in [0.29, 0.717) is 5.69 Å². The Morgan fingerprint density at radius 1 is 0.737 bits per heavy atom. The summed E-state index contributed by atoms with van der Waals surface area (Å²) in [5.41, 5.74) is 7.46. The van der Waals surface area contributed by atoms with Crippen LogP contribution in [0.3, 0.4) is 0 Å². The van der Waals surface area contributed by atoms with Crippen LogP contribution in [0.4, 0.5) is 23.0 Å². The predicted octanol–water partition coefficient (Wildman–Crippen LogP) is 3.45. The minimum atomic E-state index is -0.524. The lowest BCUT2D eigenvalue weighted by Crippen LogP contribution is -2.50. The molecule has 204 valence electrons. The Hall–Kier alpha value is -2.91. The maximum atomic E-state index is 12.3. The van der Waals surface area contributed by atoms with Gasteiger partial charge in [-0.2, -0.15) is 0 Å². The van der Waals surface area contributed by atoms with Gasteiger partial charge >= 0.3 is 0 Å². The number of nitrogens with two attached hydrogens (primary N) is 1. The topological polar surface area (TPSA) is 93.9 Å². The molecule has 6 rings (SSSR count). The number of carbonyl (C=O) groups is 1. The zero-order valence-corrected chi connectivity index (χ0v) is 22.5. The van der Waals surface area contributed by atoms with Crippen molar-refractivity contribution in [2.45, 2.75) is 63.5 Å². The van der Waals surface area contributed by atoms with E-state index in [9.17, 15) is 4.79 Å². The number of primary amides is 1. The summed E-state index contributed by atoms with van der Waals surface area (Å²) in [5.74, 6) is 1.30. The first kappa shape index (κ1) is 25.4. The second-order valence-corrected chi connectivity index (χ2v) is 11.4. The van der Waals surface area contributed by atoms with Crippen molar-refractivity contribution < 1.29 is 4.79 Å². The van der Waals surface area contributed by atoms with E-state index in [0.717, 1.165) is 81.8 Å². The molecule has 2 aromatic heterocycles. The van der Waals surface area contributed by atoms with Gasteiger partial charge in [0.1, 0.15) is 11.6 Å². The number of anilines is 4. The maximum absolute atomic E-state index is 12.3. The summed E-state index contributed by atoms with van der Waals surface area (Å²) in [5, 5.41) is 3.32. The molecule has 2 saturated heterocycles. The number of pyridine rings is 2. The van der Waals surface area contributed by atoms with Crippen molar-refractivity contribution in [3.8, 4) is 0 Å². The second kappa shape index (κ2) is 11.5. The van der Waals surface area contributed by atoms with Gasteiger partial charge in [0.05, 0.1) is 17.6 Å². The Morgan fingerprint density at radius 2 is 1.26 bits per heavy atom. The number of nitrogens with one attached hydrogen (secondary N) is 1. The van der Waals surface area contributed by atoms with Gasteiger partial charge in [-0.1, -0.05) is 25.7 Å². The molecule has 2 aliphatic heterocycles. The molecule has 9 nitrogen and oxygen atoms in total. The molecule has 0 radical (unpaired) electrons. The molecule has 0 aromatic carbocycles. The first-order chi connectivity index (χ1) is 18.6. The third-order valence-corrected chi connectivity index (χ3v) is 9.10. The van der Waals surface area contributed by atoms with E-state index >= 15 is 0 Å². The molecular weight excluding hydrogens is 476 g/mol. The van der Waals surface area contributed by atoms with Crippen molar-refractivity contribution in [1.82, 2.24) is 19.8 Å². The molecular formula is C29H42N8O. The number of rotatable bonds is 7. The Morgan fingerprint density at radius 3 is 1.76 bits per heavy atom. The van der Waals surface area contributed by atoms with E-state index in [-0.39, 0.29) is 5.69 Å². The van der Waals surface area contributed by atoms with Gasteiger partial charge in [0.15, 0.2) is 5.69 Å². The van der Waals surface area contributed by atoms with Crippen molar-refractivity contribution in [2.75, 3.05) is 67.5 Å². The molecule has 0 atom stereocenters. The summed E-state index contributed by atoms with van der Waals surface area (Å²) in [6, 6.07) is 9.53. The average molecular weight is 519 g/mol. The van der Waals surface area contributed by atoms with Crippen LogP contribution in [0.2, 0.25) is 0 Å². The zero-order valence-electron chi connectivity index (χ0n) is 22.5. The highest BCUT2D eigenvalue weighted by molar-refractivity contribution is 5.97. The van der Waals surface area contributed by atoms with Crippen LogP contribution in [0.1, 0.15) is 61.9 Å². The van der Waals surface area contributed by atoms with Gasteiger partial charge in [0.2, 0.25) is 0 Å². The SMILES string of the molecule is NC(=O)c1nc(N2CCN(C3CCCC3)CC2)ccc1Nc1ccc(N2CCN(C3CCCC3)CC2)nc1. The number of aromatic nitrogens is 2. The van der Waals surface area contributed by atoms with Gasteiger partial charge in [-0.25, -0.2) is 9.97 Å². The van der Waals surface area contributed by atoms with Crippen LogP contribution in [0.5, 0.6) is 0 Å². The second-order valence-electron chi connectivity index (χ2n) is 11.4. The van der Waals surface area contributed by atoms with Crippen LogP contribution in [-0.4, -0.2) is 90.1 Å². The van der Waals surface area contributed by atoms with Crippen LogP contribution < -0.4 is 20.9 Å². The number of hydrogen-bond acceptors (Lipinski definition) is 8. The quantitative estimate of drug-likeness (QED) is 0.576. The molecule has 0 unspecified atom stereocenters. The van der Waals surface area contributed by atoms with Gasteiger partial charge in [0.25, 0.3) is 5.91 Å². The lowest BCUT2D eigenvalue weighted by atomic mass is 10.1. The average Bonchev–Trinajstić information content (AvgIpc) is 3.69. The summed E-state index contributed by atoms with van der Waals surface area (Å²) in [4.78, 5) is 31.7. The Bertz CT molecular complexity index is 1080. The first-order valence-corrected chi connectivity index (χ1v) is 14.7. The highest BCUT2D eigenvalue weighted by atomic mass is 16.1. The van der Waals surface area contributed by atoms with Crippen molar-refractivity contribution in [1.29, 1.82) is 0 Å². The number of amides is 1. The fraction of sp³-hybridized carbons (Fsp3) is 0.621. The molecule has 3 N–H and O–H groups in total. The van der Waals surface area contributed by atoms with E-state index < -0.39 is 5.91 Å². The van der Waals surface area contributed by atoms with Gasteiger partial charge in [-0.3, -0.25) is 14.6 Å². The fourth-order valence-electron chi connectivity index (χ4n) is 6.89. The smallest absolute Gasteiger partial charge is 0.269 e. The molecule has 38 heavy (non-hydrogen) atoms. The highest BCUT2D eigenvalue weighted by Crippen LogP contribution is 2.28. The fourth-order valence-corrected chi connectivity index (χ4v) is 6.89. The number of nitrogens with zero attached hydrogens (tertiary/aromatic N) is 6. The van der Waals surface area contributed by atoms with E-state index in [1.165, 1.54) is 51.4 Å². The van der Waals surface area contributed by atoms with Crippen molar-refractivity contribution in [3.05, 3.63) is 36.2 Å². The van der Waals surface area contributed by atoms with Gasteiger partial charge < -0.3 is 20.9 Å².